The van der Waals surface area contributed by atoms with Crippen LogP contribution >= 0.6 is 0 Å². The molecular weight excluding hydrogens is 628 g/mol. The predicted molar refractivity (Wildman–Crippen MR) is 184 cm³/mol. The monoisotopic (exact) mass is 664 g/mol. The number of rotatable bonds is 12. The van der Waals surface area contributed by atoms with Crippen LogP contribution in [0.4, 0.5) is 0 Å². The maximum Gasteiger partial charge on any atom is 0.338 e. The first kappa shape index (κ1) is 37.2. The van der Waals surface area contributed by atoms with Crippen LogP contribution in [0.15, 0.2) is 109 Å². The highest BCUT2D eigenvalue weighted by Crippen LogP contribution is 2.42. The van der Waals surface area contributed by atoms with E-state index in [1.54, 1.807) is 31.2 Å². The number of carbonyl (C=O) groups excluding carboxylic acids is 5. The Bertz CT molecular complexity index is 1980. The molecule has 3 aromatic rings. The van der Waals surface area contributed by atoms with Gasteiger partial charge in [0.2, 0.25) is 0 Å². The highest BCUT2D eigenvalue weighted by Gasteiger charge is 2.22. The molecule has 0 radical (unpaired) electrons. The Kier molecular flexibility index (Phi) is 11.8. The zero-order chi connectivity index (χ0) is 36.7. The van der Waals surface area contributed by atoms with E-state index in [2.05, 4.69) is 32.9 Å². The molecule has 10 nitrogen and oxygen atoms in total. The third-order valence-electron chi connectivity index (χ3n) is 6.59. The van der Waals surface area contributed by atoms with Gasteiger partial charge in [-0.25, -0.2) is 24.0 Å². The van der Waals surface area contributed by atoms with E-state index in [0.717, 1.165) is 0 Å². The van der Waals surface area contributed by atoms with Crippen molar-refractivity contribution in [2.75, 3.05) is 0 Å². The van der Waals surface area contributed by atoms with Crippen molar-refractivity contribution < 1.29 is 47.7 Å². The fourth-order valence-corrected chi connectivity index (χ4v) is 3.92. The topological polar surface area (TPSA) is 132 Å². The maximum absolute atomic E-state index is 12.8. The van der Waals surface area contributed by atoms with Crippen LogP contribution in [0.5, 0.6) is 28.7 Å². The zero-order valence-corrected chi connectivity index (χ0v) is 28.2. The van der Waals surface area contributed by atoms with Crippen LogP contribution < -0.4 is 23.7 Å². The molecule has 0 N–H and O–H groups in total. The number of esters is 5. The first-order valence-electron chi connectivity index (χ1n) is 14.7. The highest BCUT2D eigenvalue weighted by molar-refractivity contribution is 5.94. The maximum atomic E-state index is 12.8. The SMILES string of the molecule is C=C(C)C(=O)Oc1ccc(-c2cc(OC(=O)C(=C)C)c(-c3ccc(OC(=O)C(=C)C)c(OC(=O)C(=C)C)c3)cc2C)cc1OC(=O)C(=C)C. The number of ether oxygens (including phenoxy) is 5. The molecule has 0 saturated heterocycles. The van der Waals surface area contributed by atoms with Gasteiger partial charge >= 0.3 is 29.8 Å². The second-order valence-corrected chi connectivity index (χ2v) is 11.3. The zero-order valence-electron chi connectivity index (χ0n) is 28.2. The first-order chi connectivity index (χ1) is 22.9. The molecule has 3 rings (SSSR count). The molecule has 0 heterocycles. The molecule has 0 fully saturated rings. The number of aryl methyl sites for hydroxylation is 1. The minimum absolute atomic E-state index is 0.0289. The van der Waals surface area contributed by atoms with Gasteiger partial charge in [0.25, 0.3) is 0 Å². The molecule has 0 unspecified atom stereocenters. The summed E-state index contributed by atoms with van der Waals surface area (Å²) in [4.78, 5) is 62.4. The lowest BCUT2D eigenvalue weighted by Gasteiger charge is -2.18. The van der Waals surface area contributed by atoms with Crippen LogP contribution in [-0.2, 0) is 24.0 Å². The molecule has 10 heteroatoms. The van der Waals surface area contributed by atoms with Crippen molar-refractivity contribution in [3.63, 3.8) is 0 Å². The lowest BCUT2D eigenvalue weighted by Crippen LogP contribution is -2.13. The van der Waals surface area contributed by atoms with Crippen molar-refractivity contribution in [3.8, 4) is 51.0 Å². The normalized spacial score (nSPS) is 10.2. The second kappa shape index (κ2) is 15.5. The molecule has 0 atom stereocenters. The van der Waals surface area contributed by atoms with Gasteiger partial charge in [0.15, 0.2) is 23.0 Å². The van der Waals surface area contributed by atoms with Gasteiger partial charge < -0.3 is 23.7 Å². The Morgan fingerprint density at radius 3 is 1.06 bits per heavy atom. The van der Waals surface area contributed by atoms with Crippen molar-refractivity contribution >= 4 is 29.8 Å². The third kappa shape index (κ3) is 9.39. The Morgan fingerprint density at radius 2 is 0.714 bits per heavy atom. The van der Waals surface area contributed by atoms with E-state index in [1.807, 2.05) is 0 Å². The first-order valence-corrected chi connectivity index (χ1v) is 14.7. The van der Waals surface area contributed by atoms with Crippen LogP contribution in [0.2, 0.25) is 0 Å². The fourth-order valence-electron chi connectivity index (χ4n) is 3.92. The van der Waals surface area contributed by atoms with Crippen molar-refractivity contribution in [3.05, 3.63) is 115 Å². The van der Waals surface area contributed by atoms with Gasteiger partial charge in [-0.2, -0.15) is 0 Å². The van der Waals surface area contributed by atoms with Gasteiger partial charge in [0.05, 0.1) is 0 Å². The van der Waals surface area contributed by atoms with E-state index in [0.29, 0.717) is 27.8 Å². The van der Waals surface area contributed by atoms with Crippen LogP contribution in [0.3, 0.4) is 0 Å². The van der Waals surface area contributed by atoms with E-state index in [4.69, 9.17) is 23.7 Å². The quantitative estimate of drug-likeness (QED) is 0.108. The van der Waals surface area contributed by atoms with Crippen molar-refractivity contribution in [1.29, 1.82) is 0 Å². The molecule has 0 saturated carbocycles. The molecular formula is C39H36O10. The minimum Gasteiger partial charge on any atom is -0.423 e. The number of carbonyl (C=O) groups is 5. The summed E-state index contributed by atoms with van der Waals surface area (Å²) in [6.07, 6.45) is 0. The molecule has 0 aliphatic rings. The molecule has 0 bridgehead atoms. The lowest BCUT2D eigenvalue weighted by molar-refractivity contribution is -0.132. The number of hydrogen-bond donors (Lipinski definition) is 0. The van der Waals surface area contributed by atoms with E-state index in [1.165, 1.54) is 58.9 Å². The predicted octanol–water partition coefficient (Wildman–Crippen LogP) is 7.74. The van der Waals surface area contributed by atoms with E-state index in [-0.39, 0.29) is 56.6 Å². The Balaban J connectivity index is 2.26. The van der Waals surface area contributed by atoms with Crippen LogP contribution in [0.1, 0.15) is 40.2 Å². The Labute approximate surface area is 284 Å². The van der Waals surface area contributed by atoms with E-state index < -0.39 is 29.8 Å². The summed E-state index contributed by atoms with van der Waals surface area (Å²) in [6, 6.07) is 12.4. The summed E-state index contributed by atoms with van der Waals surface area (Å²) in [5.41, 5.74) is 3.18. The molecule has 0 aliphatic carbocycles. The summed E-state index contributed by atoms with van der Waals surface area (Å²) in [5.74, 6) is -3.81. The van der Waals surface area contributed by atoms with Gasteiger partial charge in [0, 0.05) is 33.4 Å². The summed E-state index contributed by atoms with van der Waals surface area (Å²) >= 11 is 0. The van der Waals surface area contributed by atoms with Crippen LogP contribution in [0, 0.1) is 6.92 Å². The molecule has 49 heavy (non-hydrogen) atoms. The fraction of sp³-hybridized carbons (Fsp3) is 0.154. The number of benzene rings is 3. The van der Waals surface area contributed by atoms with Gasteiger partial charge in [-0.3, -0.25) is 0 Å². The molecule has 252 valence electrons. The third-order valence-corrected chi connectivity index (χ3v) is 6.59. The molecule has 0 aliphatic heterocycles. The van der Waals surface area contributed by atoms with Gasteiger partial charge in [-0.05, 0) is 100 Å². The average Bonchev–Trinajstić information content (AvgIpc) is 3.02. The lowest BCUT2D eigenvalue weighted by atomic mass is 9.94. The second-order valence-electron chi connectivity index (χ2n) is 11.3. The van der Waals surface area contributed by atoms with Crippen LogP contribution in [0.25, 0.3) is 22.3 Å². The summed E-state index contributed by atoms with van der Waals surface area (Å²) in [7, 11) is 0. The minimum atomic E-state index is -0.759. The molecule has 0 aromatic heterocycles. The molecule has 0 spiro atoms. The summed E-state index contributed by atoms with van der Waals surface area (Å²) in [6.45, 7) is 27.2. The van der Waals surface area contributed by atoms with Crippen molar-refractivity contribution in [2.45, 2.75) is 41.5 Å². The van der Waals surface area contributed by atoms with E-state index >= 15 is 0 Å². The van der Waals surface area contributed by atoms with Crippen molar-refractivity contribution in [1.82, 2.24) is 0 Å². The van der Waals surface area contributed by atoms with Gasteiger partial charge in [-0.1, -0.05) is 45.0 Å². The average molecular weight is 665 g/mol. The molecule has 3 aromatic carbocycles. The largest absolute Gasteiger partial charge is 0.423 e. The Morgan fingerprint density at radius 1 is 0.408 bits per heavy atom. The van der Waals surface area contributed by atoms with Gasteiger partial charge in [-0.15, -0.1) is 0 Å². The Hall–Kier alpha value is -6.29. The highest BCUT2D eigenvalue weighted by atomic mass is 16.6. The molecule has 0 amide bonds. The van der Waals surface area contributed by atoms with Gasteiger partial charge in [0.1, 0.15) is 5.75 Å². The van der Waals surface area contributed by atoms with Crippen LogP contribution in [-0.4, -0.2) is 29.8 Å². The summed E-state index contributed by atoms with van der Waals surface area (Å²) in [5, 5.41) is 0. The smallest absolute Gasteiger partial charge is 0.338 e. The van der Waals surface area contributed by atoms with E-state index in [9.17, 15) is 24.0 Å². The standard InChI is InChI=1S/C39H36O10/c1-20(2)35(40)45-30-14-12-26(17-33(30)48-38(43)23(7)8)28-19-32(47-37(42)22(5)6)29(16-25(28)11)27-13-15-31(46-36(41)21(3)4)34(18-27)49-39(44)24(9)10/h12-19H,1,3,5,7,9H2,2,4,6,8,10-11H3. The number of hydrogen-bond acceptors (Lipinski definition) is 10. The van der Waals surface area contributed by atoms with Crippen molar-refractivity contribution in [2.24, 2.45) is 0 Å². The summed E-state index contributed by atoms with van der Waals surface area (Å²) < 4.78 is 27.5.